The molecule has 0 saturated heterocycles. The number of phenols is 1. The minimum atomic E-state index is -0.473. The van der Waals surface area contributed by atoms with Crippen LogP contribution in [0.1, 0.15) is 17.3 Å². The standard InChI is InChI=1S/C23H20N2O5/c1-14(22(28)24-16-11-9-15(10-12-16)23(29)30-2)13-21(27)25-19-7-3-6-18-17(19)5-4-8-20(18)26/h3-13,26H,1-2H3,(H,24,28)(H,25,27)/b14-13+. The van der Waals surface area contributed by atoms with E-state index >= 15 is 0 Å². The van der Waals surface area contributed by atoms with Crippen molar-refractivity contribution in [3.05, 3.63) is 77.9 Å². The topological polar surface area (TPSA) is 105 Å². The van der Waals surface area contributed by atoms with Crippen LogP contribution in [0, 0.1) is 0 Å². The zero-order chi connectivity index (χ0) is 21.7. The van der Waals surface area contributed by atoms with E-state index in [2.05, 4.69) is 15.4 Å². The summed E-state index contributed by atoms with van der Waals surface area (Å²) in [4.78, 5) is 36.2. The normalized spacial score (nSPS) is 11.1. The van der Waals surface area contributed by atoms with Gasteiger partial charge in [-0.25, -0.2) is 4.79 Å². The molecule has 3 aromatic carbocycles. The third-order valence-corrected chi connectivity index (χ3v) is 4.43. The molecule has 152 valence electrons. The van der Waals surface area contributed by atoms with Crippen molar-refractivity contribution in [2.24, 2.45) is 0 Å². The third-order valence-electron chi connectivity index (χ3n) is 4.43. The number of hydrogen-bond acceptors (Lipinski definition) is 5. The van der Waals surface area contributed by atoms with Crippen LogP contribution in [-0.4, -0.2) is 30.0 Å². The van der Waals surface area contributed by atoms with Crippen molar-refractivity contribution < 1.29 is 24.2 Å². The maximum atomic E-state index is 12.4. The number of nitrogens with one attached hydrogen (secondary N) is 2. The van der Waals surface area contributed by atoms with Crippen LogP contribution < -0.4 is 10.6 Å². The summed E-state index contributed by atoms with van der Waals surface area (Å²) in [6, 6.07) is 16.4. The van der Waals surface area contributed by atoms with Gasteiger partial charge in [0.15, 0.2) is 0 Å². The predicted molar refractivity (Wildman–Crippen MR) is 114 cm³/mol. The number of esters is 1. The number of aromatic hydroxyl groups is 1. The van der Waals surface area contributed by atoms with Crippen molar-refractivity contribution in [3.63, 3.8) is 0 Å². The number of anilines is 2. The van der Waals surface area contributed by atoms with Crippen LogP contribution in [0.3, 0.4) is 0 Å². The molecule has 0 aliphatic carbocycles. The Labute approximate surface area is 173 Å². The van der Waals surface area contributed by atoms with Crippen LogP contribution in [0.15, 0.2) is 72.3 Å². The lowest BCUT2D eigenvalue weighted by molar-refractivity contribution is -0.114. The summed E-state index contributed by atoms with van der Waals surface area (Å²) in [5.41, 5.74) is 1.57. The van der Waals surface area contributed by atoms with Crippen molar-refractivity contribution >= 4 is 39.9 Å². The molecule has 7 nitrogen and oxygen atoms in total. The molecule has 0 fully saturated rings. The van der Waals surface area contributed by atoms with Gasteiger partial charge in [0.2, 0.25) is 5.91 Å². The summed E-state index contributed by atoms with van der Waals surface area (Å²) in [7, 11) is 1.29. The first kappa shape index (κ1) is 20.6. The zero-order valence-electron chi connectivity index (χ0n) is 16.4. The van der Waals surface area contributed by atoms with Crippen LogP contribution in [0.25, 0.3) is 10.8 Å². The van der Waals surface area contributed by atoms with E-state index in [4.69, 9.17) is 0 Å². The third kappa shape index (κ3) is 4.64. The molecule has 0 spiro atoms. The van der Waals surface area contributed by atoms with Crippen molar-refractivity contribution in [2.75, 3.05) is 17.7 Å². The molecule has 2 amide bonds. The maximum Gasteiger partial charge on any atom is 0.337 e. The quantitative estimate of drug-likeness (QED) is 0.442. The summed E-state index contributed by atoms with van der Waals surface area (Å²) in [6.07, 6.45) is 1.19. The number of ether oxygens (including phenoxy) is 1. The highest BCUT2D eigenvalue weighted by molar-refractivity contribution is 6.12. The molecule has 7 heteroatoms. The largest absolute Gasteiger partial charge is 0.507 e. The van der Waals surface area contributed by atoms with Crippen LogP contribution in [-0.2, 0) is 14.3 Å². The Kier molecular flexibility index (Phi) is 6.12. The number of hydrogen-bond donors (Lipinski definition) is 3. The molecular formula is C23H20N2O5. The molecule has 0 radical (unpaired) electrons. The Morgan fingerprint density at radius 2 is 1.57 bits per heavy atom. The van der Waals surface area contributed by atoms with Gasteiger partial charge in [0, 0.05) is 33.8 Å². The van der Waals surface area contributed by atoms with E-state index in [9.17, 15) is 19.5 Å². The number of fused-ring (bicyclic) bond motifs is 1. The number of methoxy groups -OCH3 is 1. The first-order chi connectivity index (χ1) is 14.4. The van der Waals surface area contributed by atoms with Gasteiger partial charge >= 0.3 is 5.97 Å². The molecule has 0 atom stereocenters. The van der Waals surface area contributed by atoms with E-state index in [1.807, 2.05) is 0 Å². The molecule has 0 heterocycles. The fourth-order valence-corrected chi connectivity index (χ4v) is 2.87. The van der Waals surface area contributed by atoms with Crippen molar-refractivity contribution in [1.82, 2.24) is 0 Å². The summed E-state index contributed by atoms with van der Waals surface area (Å²) in [6.45, 7) is 1.52. The number of benzene rings is 3. The molecule has 0 aliphatic heterocycles. The monoisotopic (exact) mass is 404 g/mol. The number of carbonyl (C=O) groups excluding carboxylic acids is 3. The van der Waals surface area contributed by atoms with Crippen LogP contribution in [0.5, 0.6) is 5.75 Å². The second-order valence-electron chi connectivity index (χ2n) is 6.52. The predicted octanol–water partition coefficient (Wildman–Crippen LogP) is 3.86. The number of phenolic OH excluding ortho intramolecular Hbond substituents is 1. The van der Waals surface area contributed by atoms with E-state index < -0.39 is 17.8 Å². The Morgan fingerprint density at radius 3 is 2.27 bits per heavy atom. The zero-order valence-corrected chi connectivity index (χ0v) is 16.4. The van der Waals surface area contributed by atoms with E-state index in [1.54, 1.807) is 48.5 Å². The lowest BCUT2D eigenvalue weighted by atomic mass is 10.1. The minimum absolute atomic E-state index is 0.118. The number of amides is 2. The van der Waals surface area contributed by atoms with Crippen LogP contribution in [0.2, 0.25) is 0 Å². The fraction of sp³-hybridized carbons (Fsp3) is 0.0870. The molecular weight excluding hydrogens is 384 g/mol. The molecule has 0 saturated carbocycles. The molecule has 0 bridgehead atoms. The highest BCUT2D eigenvalue weighted by Gasteiger charge is 2.11. The summed E-state index contributed by atoms with van der Waals surface area (Å²) in [5.74, 6) is -1.28. The van der Waals surface area contributed by atoms with Gasteiger partial charge in [-0.05, 0) is 43.3 Å². The summed E-state index contributed by atoms with van der Waals surface area (Å²) in [5, 5.41) is 16.6. The van der Waals surface area contributed by atoms with Gasteiger partial charge in [0.05, 0.1) is 12.7 Å². The molecule has 3 rings (SSSR count). The first-order valence-electron chi connectivity index (χ1n) is 9.09. The van der Waals surface area contributed by atoms with Crippen molar-refractivity contribution in [2.45, 2.75) is 6.92 Å². The van der Waals surface area contributed by atoms with Gasteiger partial charge in [-0.2, -0.15) is 0 Å². The van der Waals surface area contributed by atoms with Crippen molar-refractivity contribution in [3.8, 4) is 5.75 Å². The maximum absolute atomic E-state index is 12.4. The number of carbonyl (C=O) groups is 3. The molecule has 30 heavy (non-hydrogen) atoms. The van der Waals surface area contributed by atoms with E-state index in [-0.39, 0.29) is 11.3 Å². The molecule has 3 aromatic rings. The second kappa shape index (κ2) is 8.91. The Bertz CT molecular complexity index is 1150. The van der Waals surface area contributed by atoms with Crippen LogP contribution in [0.4, 0.5) is 11.4 Å². The number of rotatable bonds is 5. The molecule has 3 N–H and O–H groups in total. The minimum Gasteiger partial charge on any atom is -0.507 e. The Morgan fingerprint density at radius 1 is 0.900 bits per heavy atom. The van der Waals surface area contributed by atoms with Gasteiger partial charge in [0.25, 0.3) is 5.91 Å². The molecule has 0 unspecified atom stereocenters. The average Bonchev–Trinajstić information content (AvgIpc) is 2.74. The molecule has 0 aliphatic rings. The van der Waals surface area contributed by atoms with E-state index in [1.165, 1.54) is 32.2 Å². The fourth-order valence-electron chi connectivity index (χ4n) is 2.87. The Balaban J connectivity index is 1.69. The highest BCUT2D eigenvalue weighted by atomic mass is 16.5. The highest BCUT2D eigenvalue weighted by Crippen LogP contribution is 2.29. The average molecular weight is 404 g/mol. The van der Waals surface area contributed by atoms with Gasteiger partial charge in [-0.1, -0.05) is 24.3 Å². The lowest BCUT2D eigenvalue weighted by Crippen LogP contribution is -2.16. The van der Waals surface area contributed by atoms with Gasteiger partial charge < -0.3 is 20.5 Å². The van der Waals surface area contributed by atoms with Gasteiger partial charge in [-0.3, -0.25) is 9.59 Å². The summed E-state index contributed by atoms with van der Waals surface area (Å²) < 4.78 is 4.63. The van der Waals surface area contributed by atoms with Gasteiger partial charge in [0.1, 0.15) is 5.75 Å². The SMILES string of the molecule is COC(=O)c1ccc(NC(=O)/C(C)=C/C(=O)Nc2cccc3c(O)cccc23)cc1. The Hall–Kier alpha value is -4.13. The van der Waals surface area contributed by atoms with E-state index in [0.29, 0.717) is 27.7 Å². The van der Waals surface area contributed by atoms with Crippen LogP contribution >= 0.6 is 0 Å². The summed E-state index contributed by atoms with van der Waals surface area (Å²) >= 11 is 0. The molecule has 0 aromatic heterocycles. The smallest absolute Gasteiger partial charge is 0.337 e. The van der Waals surface area contributed by atoms with E-state index in [0.717, 1.165) is 0 Å². The lowest BCUT2D eigenvalue weighted by Gasteiger charge is -2.09. The van der Waals surface area contributed by atoms with Crippen molar-refractivity contribution in [1.29, 1.82) is 0 Å². The first-order valence-corrected chi connectivity index (χ1v) is 9.09. The van der Waals surface area contributed by atoms with Gasteiger partial charge in [-0.15, -0.1) is 0 Å². The second-order valence-corrected chi connectivity index (χ2v) is 6.52.